The van der Waals surface area contributed by atoms with Gasteiger partial charge in [-0.2, -0.15) is 5.10 Å². The van der Waals surface area contributed by atoms with Crippen molar-refractivity contribution in [3.8, 4) is 0 Å². The number of ether oxygens (including phenoxy) is 1. The van der Waals surface area contributed by atoms with Gasteiger partial charge in [-0.25, -0.2) is 0 Å². The summed E-state index contributed by atoms with van der Waals surface area (Å²) >= 11 is 0. The van der Waals surface area contributed by atoms with Crippen LogP contribution in [0.4, 0.5) is 0 Å². The van der Waals surface area contributed by atoms with Gasteiger partial charge < -0.3 is 16.2 Å². The molecule has 0 aromatic carbocycles. The normalized spacial score (nSPS) is 28.1. The monoisotopic (exact) mass is 336 g/mol. The third kappa shape index (κ3) is 3.28. The molecule has 2 saturated heterocycles. The molecule has 9 nitrogen and oxygen atoms in total. The molecule has 0 radical (unpaired) electrons. The Labute approximate surface area is 140 Å². The molecule has 0 saturated carbocycles. The van der Waals surface area contributed by atoms with Crippen molar-refractivity contribution in [2.75, 3.05) is 39.4 Å². The highest BCUT2D eigenvalue weighted by atomic mass is 16.5. The Balaban J connectivity index is 1.68. The van der Waals surface area contributed by atoms with Crippen LogP contribution in [0.5, 0.6) is 0 Å². The van der Waals surface area contributed by atoms with Crippen molar-refractivity contribution < 1.29 is 14.3 Å². The lowest BCUT2D eigenvalue weighted by Gasteiger charge is -2.26. The van der Waals surface area contributed by atoms with Gasteiger partial charge in [-0.1, -0.05) is 0 Å². The average molecular weight is 336 g/mol. The van der Waals surface area contributed by atoms with Crippen LogP contribution in [0.3, 0.4) is 0 Å². The zero-order valence-electron chi connectivity index (χ0n) is 13.6. The fourth-order valence-electron chi connectivity index (χ4n) is 3.30. The van der Waals surface area contributed by atoms with Crippen LogP contribution in [0.2, 0.25) is 0 Å². The minimum Gasteiger partial charge on any atom is -0.379 e. The molecular formula is C15H24N6O3. The Morgan fingerprint density at radius 3 is 2.71 bits per heavy atom. The lowest BCUT2D eigenvalue weighted by atomic mass is 9.88. The quantitative estimate of drug-likeness (QED) is 0.551. The maximum atomic E-state index is 12.0. The number of rotatable bonds is 6. The number of amides is 2. The van der Waals surface area contributed by atoms with Gasteiger partial charge in [0.05, 0.1) is 31.4 Å². The standard InChI is InChI=1S/C15H24N6O3/c16-13(22)11-9-15(14(17)23,18-10-11)12-1-2-21(19-12)4-3-20-5-7-24-8-6-20/h1-2,11,18H,3-10H2,(H2,16,22)(H2,17,23). The zero-order chi connectivity index (χ0) is 17.2. The maximum absolute atomic E-state index is 12.0. The first-order chi connectivity index (χ1) is 11.5. The number of aromatic nitrogens is 2. The Kier molecular flexibility index (Phi) is 4.83. The molecule has 1 aromatic rings. The van der Waals surface area contributed by atoms with E-state index in [2.05, 4.69) is 15.3 Å². The highest BCUT2D eigenvalue weighted by Crippen LogP contribution is 2.32. The van der Waals surface area contributed by atoms with Crippen molar-refractivity contribution in [3.63, 3.8) is 0 Å². The molecule has 2 aliphatic rings. The minimum absolute atomic E-state index is 0.248. The molecule has 0 spiro atoms. The maximum Gasteiger partial charge on any atom is 0.244 e. The summed E-state index contributed by atoms with van der Waals surface area (Å²) in [6.45, 7) is 5.27. The fraction of sp³-hybridized carbons (Fsp3) is 0.667. The molecule has 2 atom stereocenters. The fourth-order valence-corrected chi connectivity index (χ4v) is 3.30. The zero-order valence-corrected chi connectivity index (χ0v) is 13.6. The van der Waals surface area contributed by atoms with E-state index in [4.69, 9.17) is 16.2 Å². The number of primary amides is 2. The molecule has 24 heavy (non-hydrogen) atoms. The molecule has 2 unspecified atom stereocenters. The summed E-state index contributed by atoms with van der Waals surface area (Å²) in [5, 5.41) is 7.57. The van der Waals surface area contributed by atoms with Gasteiger partial charge in [-0.05, 0) is 12.5 Å². The Morgan fingerprint density at radius 2 is 2.08 bits per heavy atom. The summed E-state index contributed by atoms with van der Waals surface area (Å²) in [7, 11) is 0. The second kappa shape index (κ2) is 6.88. The summed E-state index contributed by atoms with van der Waals surface area (Å²) in [5.41, 5.74) is 10.4. The Hall–Kier alpha value is -1.97. The third-order valence-corrected chi connectivity index (χ3v) is 4.85. The molecule has 3 rings (SSSR count). The van der Waals surface area contributed by atoms with E-state index in [9.17, 15) is 9.59 Å². The van der Waals surface area contributed by atoms with Crippen LogP contribution in [-0.2, 0) is 26.4 Å². The first kappa shape index (κ1) is 16.9. The number of hydrogen-bond acceptors (Lipinski definition) is 6. The first-order valence-corrected chi connectivity index (χ1v) is 8.19. The molecule has 2 fully saturated rings. The summed E-state index contributed by atoms with van der Waals surface area (Å²) in [4.78, 5) is 25.8. The van der Waals surface area contributed by atoms with Crippen LogP contribution in [0.1, 0.15) is 12.1 Å². The van der Waals surface area contributed by atoms with Crippen LogP contribution in [0, 0.1) is 5.92 Å². The van der Waals surface area contributed by atoms with Gasteiger partial charge in [-0.15, -0.1) is 0 Å². The predicted octanol–water partition coefficient (Wildman–Crippen LogP) is -2.01. The highest BCUT2D eigenvalue weighted by molar-refractivity contribution is 5.88. The van der Waals surface area contributed by atoms with E-state index < -0.39 is 23.3 Å². The molecule has 0 aliphatic carbocycles. The van der Waals surface area contributed by atoms with E-state index in [0.29, 0.717) is 18.8 Å². The highest BCUT2D eigenvalue weighted by Gasteiger charge is 2.48. The van der Waals surface area contributed by atoms with Crippen molar-refractivity contribution >= 4 is 11.8 Å². The summed E-state index contributed by atoms with van der Waals surface area (Å²) in [5.74, 6) is -1.39. The van der Waals surface area contributed by atoms with Crippen molar-refractivity contribution in [2.45, 2.75) is 18.5 Å². The SMILES string of the molecule is NC(=O)C1CNC(C(N)=O)(c2ccn(CCN3CCOCC3)n2)C1. The van der Waals surface area contributed by atoms with Crippen LogP contribution in [0.15, 0.2) is 12.3 Å². The molecule has 9 heteroatoms. The van der Waals surface area contributed by atoms with Crippen LogP contribution >= 0.6 is 0 Å². The van der Waals surface area contributed by atoms with E-state index in [1.165, 1.54) is 0 Å². The number of nitrogens with zero attached hydrogens (tertiary/aromatic N) is 3. The van der Waals surface area contributed by atoms with E-state index in [1.807, 2.05) is 6.20 Å². The second-order valence-corrected chi connectivity index (χ2v) is 6.37. The van der Waals surface area contributed by atoms with Crippen LogP contribution in [-0.4, -0.2) is 65.9 Å². The van der Waals surface area contributed by atoms with Gasteiger partial charge in [0.1, 0.15) is 5.54 Å². The summed E-state index contributed by atoms with van der Waals surface area (Å²) in [6.07, 6.45) is 2.08. The summed E-state index contributed by atoms with van der Waals surface area (Å²) < 4.78 is 7.13. The topological polar surface area (TPSA) is 128 Å². The molecule has 2 aliphatic heterocycles. The van der Waals surface area contributed by atoms with Gasteiger partial charge >= 0.3 is 0 Å². The average Bonchev–Trinajstić information content (AvgIpc) is 3.22. The predicted molar refractivity (Wildman–Crippen MR) is 85.7 cm³/mol. The van der Waals surface area contributed by atoms with Crippen molar-refractivity contribution in [2.24, 2.45) is 17.4 Å². The number of nitrogens with two attached hydrogens (primary N) is 2. The molecule has 0 bridgehead atoms. The minimum atomic E-state index is -1.12. The number of carbonyl (C=O) groups is 2. The van der Waals surface area contributed by atoms with Gasteiger partial charge in [0.25, 0.3) is 0 Å². The lowest BCUT2D eigenvalue weighted by molar-refractivity contribution is -0.124. The Bertz CT molecular complexity index is 612. The van der Waals surface area contributed by atoms with Crippen molar-refractivity contribution in [1.29, 1.82) is 0 Å². The van der Waals surface area contributed by atoms with E-state index in [1.54, 1.807) is 10.7 Å². The van der Waals surface area contributed by atoms with E-state index in [-0.39, 0.29) is 6.42 Å². The van der Waals surface area contributed by atoms with Crippen molar-refractivity contribution in [3.05, 3.63) is 18.0 Å². The van der Waals surface area contributed by atoms with Gasteiger partial charge in [0.2, 0.25) is 11.8 Å². The molecule has 132 valence electrons. The van der Waals surface area contributed by atoms with Gasteiger partial charge in [0, 0.05) is 32.4 Å². The van der Waals surface area contributed by atoms with Gasteiger partial charge in [0.15, 0.2) is 0 Å². The molecule has 2 amide bonds. The second-order valence-electron chi connectivity index (χ2n) is 6.37. The number of carbonyl (C=O) groups excluding carboxylic acids is 2. The first-order valence-electron chi connectivity index (χ1n) is 8.19. The summed E-state index contributed by atoms with van der Waals surface area (Å²) in [6, 6.07) is 1.78. The lowest BCUT2D eigenvalue weighted by Crippen LogP contribution is -2.49. The molecular weight excluding hydrogens is 312 g/mol. The molecule has 5 N–H and O–H groups in total. The number of morpholine rings is 1. The largest absolute Gasteiger partial charge is 0.379 e. The molecule has 3 heterocycles. The third-order valence-electron chi connectivity index (χ3n) is 4.85. The Morgan fingerprint density at radius 1 is 1.33 bits per heavy atom. The van der Waals surface area contributed by atoms with Crippen LogP contribution < -0.4 is 16.8 Å². The van der Waals surface area contributed by atoms with Crippen molar-refractivity contribution in [1.82, 2.24) is 20.0 Å². The number of nitrogens with one attached hydrogen (secondary N) is 1. The molecule has 1 aromatic heterocycles. The smallest absolute Gasteiger partial charge is 0.244 e. The van der Waals surface area contributed by atoms with E-state index >= 15 is 0 Å². The van der Waals surface area contributed by atoms with E-state index in [0.717, 1.165) is 32.8 Å². The van der Waals surface area contributed by atoms with Crippen LogP contribution in [0.25, 0.3) is 0 Å². The number of hydrogen-bond donors (Lipinski definition) is 3. The van der Waals surface area contributed by atoms with Gasteiger partial charge in [-0.3, -0.25) is 24.5 Å².